The number of rotatable bonds is 8. The van der Waals surface area contributed by atoms with Crippen LogP contribution in [0.1, 0.15) is 24.5 Å². The van der Waals surface area contributed by atoms with E-state index in [1.54, 1.807) is 25.3 Å². The van der Waals surface area contributed by atoms with Gasteiger partial charge in [0.1, 0.15) is 12.9 Å². The van der Waals surface area contributed by atoms with Crippen molar-refractivity contribution in [2.45, 2.75) is 18.9 Å². The maximum Gasteiger partial charge on any atom is 0.405 e. The van der Waals surface area contributed by atoms with Crippen molar-refractivity contribution in [3.63, 3.8) is 0 Å². The van der Waals surface area contributed by atoms with Gasteiger partial charge in [0.2, 0.25) is 0 Å². The molecule has 0 radical (unpaired) electrons. The molecule has 0 aliphatic carbocycles. The molecule has 7 heteroatoms. The Hall–Kier alpha value is -1.01. The van der Waals surface area contributed by atoms with E-state index in [4.69, 9.17) is 43.1 Å². The highest BCUT2D eigenvalue weighted by molar-refractivity contribution is 6.35. The van der Waals surface area contributed by atoms with Crippen LogP contribution in [0.2, 0.25) is 10.0 Å². The van der Waals surface area contributed by atoms with Gasteiger partial charge in [0.15, 0.2) is 0 Å². The predicted molar refractivity (Wildman–Crippen MR) is 76.9 cm³/mol. The lowest BCUT2D eigenvalue weighted by atomic mass is 10.0. The summed E-state index contributed by atoms with van der Waals surface area (Å²) in [5.41, 5.74) is 5.75. The van der Waals surface area contributed by atoms with Gasteiger partial charge in [-0.15, -0.1) is 0 Å². The van der Waals surface area contributed by atoms with Crippen LogP contribution < -0.4 is 5.73 Å². The molecule has 20 heavy (non-hydrogen) atoms. The van der Waals surface area contributed by atoms with E-state index in [-0.39, 0.29) is 6.79 Å². The minimum absolute atomic E-state index is 0.225. The van der Waals surface area contributed by atoms with E-state index in [1.165, 1.54) is 0 Å². The monoisotopic (exact) mass is 321 g/mol. The number of nitrogens with two attached hydrogens (primary N) is 1. The Labute approximate surface area is 127 Å². The molecule has 1 aromatic rings. The van der Waals surface area contributed by atoms with Crippen LogP contribution in [0.5, 0.6) is 0 Å². The van der Waals surface area contributed by atoms with Crippen molar-refractivity contribution < 1.29 is 19.0 Å². The summed E-state index contributed by atoms with van der Waals surface area (Å²) in [5, 5.41) is 0.946. The van der Waals surface area contributed by atoms with Crippen LogP contribution >= 0.6 is 23.2 Å². The minimum Gasteiger partial charge on any atom is -0.441 e. The molecule has 1 amide bonds. The molecule has 0 saturated carbocycles. The number of methoxy groups -OCH3 is 1. The van der Waals surface area contributed by atoms with Gasteiger partial charge in [0.25, 0.3) is 0 Å². The van der Waals surface area contributed by atoms with E-state index < -0.39 is 12.2 Å². The van der Waals surface area contributed by atoms with Crippen LogP contribution in [0.4, 0.5) is 4.79 Å². The smallest absolute Gasteiger partial charge is 0.405 e. The largest absolute Gasteiger partial charge is 0.441 e. The predicted octanol–water partition coefficient (Wildman–Crippen LogP) is 3.53. The SMILES string of the molecule is COCOCCCC(OC(N)=O)c1ccc(Cl)cc1Cl. The zero-order valence-electron chi connectivity index (χ0n) is 11.1. The molecular weight excluding hydrogens is 305 g/mol. The van der Waals surface area contributed by atoms with Gasteiger partial charge in [-0.3, -0.25) is 0 Å². The van der Waals surface area contributed by atoms with Crippen LogP contribution in [0.3, 0.4) is 0 Å². The molecule has 1 aromatic carbocycles. The fraction of sp³-hybridized carbons (Fsp3) is 0.462. The molecule has 0 bridgehead atoms. The van der Waals surface area contributed by atoms with Crippen molar-refractivity contribution in [2.24, 2.45) is 5.73 Å². The fourth-order valence-corrected chi connectivity index (χ4v) is 2.22. The number of hydrogen-bond donors (Lipinski definition) is 1. The lowest BCUT2D eigenvalue weighted by Gasteiger charge is -2.18. The van der Waals surface area contributed by atoms with E-state index in [2.05, 4.69) is 0 Å². The fourth-order valence-electron chi connectivity index (χ4n) is 1.69. The van der Waals surface area contributed by atoms with Crippen LogP contribution in [0, 0.1) is 0 Å². The Kier molecular flexibility index (Phi) is 7.69. The van der Waals surface area contributed by atoms with Crippen LogP contribution in [-0.4, -0.2) is 26.6 Å². The molecule has 0 aromatic heterocycles. The first-order valence-electron chi connectivity index (χ1n) is 6.02. The summed E-state index contributed by atoms with van der Waals surface area (Å²) in [6, 6.07) is 4.99. The molecule has 0 aliphatic rings. The molecule has 0 saturated heterocycles. The number of ether oxygens (including phenoxy) is 3. The van der Waals surface area contributed by atoms with Crippen LogP contribution in [0.25, 0.3) is 0 Å². The van der Waals surface area contributed by atoms with Gasteiger partial charge >= 0.3 is 6.09 Å². The van der Waals surface area contributed by atoms with Gasteiger partial charge in [-0.05, 0) is 25.0 Å². The number of hydrogen-bond acceptors (Lipinski definition) is 4. The standard InChI is InChI=1S/C13H17Cl2NO4/c1-18-8-19-6-2-3-12(20-13(16)17)10-5-4-9(14)7-11(10)15/h4-5,7,12H,2-3,6,8H2,1H3,(H2,16,17). The van der Waals surface area contributed by atoms with E-state index in [0.717, 1.165) is 0 Å². The summed E-state index contributed by atoms with van der Waals surface area (Å²) in [6.07, 6.45) is -0.170. The van der Waals surface area contributed by atoms with Crippen LogP contribution in [-0.2, 0) is 14.2 Å². The van der Waals surface area contributed by atoms with E-state index in [9.17, 15) is 4.79 Å². The molecule has 2 N–H and O–H groups in total. The average Bonchev–Trinajstić information content (AvgIpc) is 2.37. The minimum atomic E-state index is -0.848. The number of halogens is 2. The van der Waals surface area contributed by atoms with Crippen molar-refractivity contribution in [2.75, 3.05) is 20.5 Å². The first-order chi connectivity index (χ1) is 9.54. The molecule has 0 spiro atoms. The average molecular weight is 322 g/mol. The van der Waals surface area contributed by atoms with Gasteiger partial charge < -0.3 is 19.9 Å². The number of primary amides is 1. The second-order valence-electron chi connectivity index (χ2n) is 4.05. The first kappa shape index (κ1) is 17.0. The molecular formula is C13H17Cl2NO4. The Bertz CT molecular complexity index is 442. The molecule has 1 rings (SSSR count). The first-order valence-corrected chi connectivity index (χ1v) is 6.78. The van der Waals surface area contributed by atoms with Crippen molar-refractivity contribution in [3.05, 3.63) is 33.8 Å². The van der Waals surface area contributed by atoms with Gasteiger partial charge in [-0.1, -0.05) is 29.3 Å². The summed E-state index contributed by atoms with van der Waals surface area (Å²) in [7, 11) is 1.55. The van der Waals surface area contributed by atoms with E-state index in [1.807, 2.05) is 0 Å². The molecule has 112 valence electrons. The highest BCUT2D eigenvalue weighted by Gasteiger charge is 2.18. The summed E-state index contributed by atoms with van der Waals surface area (Å²) in [5.74, 6) is 0. The number of benzene rings is 1. The third-order valence-electron chi connectivity index (χ3n) is 2.52. The summed E-state index contributed by atoms with van der Waals surface area (Å²) in [4.78, 5) is 11.0. The van der Waals surface area contributed by atoms with Gasteiger partial charge in [-0.2, -0.15) is 0 Å². The lowest BCUT2D eigenvalue weighted by molar-refractivity contribution is -0.0340. The Morgan fingerprint density at radius 1 is 1.40 bits per heavy atom. The second-order valence-corrected chi connectivity index (χ2v) is 4.89. The van der Waals surface area contributed by atoms with Crippen molar-refractivity contribution >= 4 is 29.3 Å². The normalized spacial score (nSPS) is 12.2. The number of amides is 1. The zero-order chi connectivity index (χ0) is 15.0. The highest BCUT2D eigenvalue weighted by Crippen LogP contribution is 2.31. The summed E-state index contributed by atoms with van der Waals surface area (Å²) < 4.78 is 15.0. The zero-order valence-corrected chi connectivity index (χ0v) is 12.6. The van der Waals surface area contributed by atoms with Gasteiger partial charge in [0, 0.05) is 29.3 Å². The van der Waals surface area contributed by atoms with Crippen molar-refractivity contribution in [1.82, 2.24) is 0 Å². The van der Waals surface area contributed by atoms with Gasteiger partial charge in [-0.25, -0.2) is 4.79 Å². The quantitative estimate of drug-likeness (QED) is 0.587. The Morgan fingerprint density at radius 3 is 2.75 bits per heavy atom. The van der Waals surface area contributed by atoms with E-state index >= 15 is 0 Å². The third kappa shape index (κ3) is 5.96. The topological polar surface area (TPSA) is 70.8 Å². The molecule has 0 heterocycles. The second kappa shape index (κ2) is 9.02. The number of carbonyl (C=O) groups is 1. The van der Waals surface area contributed by atoms with E-state index in [0.29, 0.717) is 35.1 Å². The summed E-state index contributed by atoms with van der Waals surface area (Å²) >= 11 is 11.9. The van der Waals surface area contributed by atoms with Crippen molar-refractivity contribution in [1.29, 1.82) is 0 Å². The molecule has 0 aliphatic heterocycles. The number of carbonyl (C=O) groups excluding carboxylic acids is 1. The van der Waals surface area contributed by atoms with Crippen LogP contribution in [0.15, 0.2) is 18.2 Å². The molecule has 1 atom stereocenters. The van der Waals surface area contributed by atoms with Gasteiger partial charge in [0.05, 0.1) is 0 Å². The molecule has 5 nitrogen and oxygen atoms in total. The maximum absolute atomic E-state index is 11.0. The lowest BCUT2D eigenvalue weighted by Crippen LogP contribution is -2.18. The third-order valence-corrected chi connectivity index (χ3v) is 3.09. The Balaban J connectivity index is 2.65. The molecule has 0 fully saturated rings. The summed E-state index contributed by atoms with van der Waals surface area (Å²) in [6.45, 7) is 0.709. The van der Waals surface area contributed by atoms with Crippen molar-refractivity contribution in [3.8, 4) is 0 Å². The maximum atomic E-state index is 11.0. The molecule has 1 unspecified atom stereocenters. The highest BCUT2D eigenvalue weighted by atomic mass is 35.5. The Morgan fingerprint density at radius 2 is 2.15 bits per heavy atom.